The van der Waals surface area contributed by atoms with Gasteiger partial charge in [-0.25, -0.2) is 0 Å². The van der Waals surface area contributed by atoms with E-state index in [1.807, 2.05) is 85.8 Å². The minimum atomic E-state index is -0.662. The SMILES string of the molecule is Cc1ccc(CN(C(=O)COc2ccc(I)cc2)C(Cc2ccccc2)C(=O)NCC(C)C)cc1. The molecule has 0 heterocycles. The average molecular weight is 584 g/mol. The van der Waals surface area contributed by atoms with Crippen molar-refractivity contribution < 1.29 is 14.3 Å². The van der Waals surface area contributed by atoms with E-state index in [0.717, 1.165) is 20.3 Å². The highest BCUT2D eigenvalue weighted by atomic mass is 127. The predicted octanol–water partition coefficient (Wildman–Crippen LogP) is 5.39. The van der Waals surface area contributed by atoms with Gasteiger partial charge in [0, 0.05) is 23.1 Å². The maximum atomic E-state index is 13.5. The lowest BCUT2D eigenvalue weighted by Gasteiger charge is -2.31. The Balaban J connectivity index is 1.88. The number of hydrogen-bond donors (Lipinski definition) is 1. The van der Waals surface area contributed by atoms with Crippen LogP contribution in [0.1, 0.15) is 30.5 Å². The topological polar surface area (TPSA) is 58.6 Å². The van der Waals surface area contributed by atoms with Gasteiger partial charge in [-0.15, -0.1) is 0 Å². The monoisotopic (exact) mass is 584 g/mol. The molecule has 0 aliphatic carbocycles. The molecular formula is C29H33IN2O3. The van der Waals surface area contributed by atoms with Gasteiger partial charge in [-0.1, -0.05) is 74.0 Å². The number of amides is 2. The standard InChI is InChI=1S/C29H33IN2O3/c1-21(2)18-31-29(34)27(17-23-7-5-4-6-8-23)32(19-24-11-9-22(3)10-12-24)28(33)20-35-26-15-13-25(30)14-16-26/h4-16,21,27H,17-20H2,1-3H3,(H,31,34). The van der Waals surface area contributed by atoms with Crippen LogP contribution in [-0.4, -0.2) is 35.9 Å². The van der Waals surface area contributed by atoms with E-state index in [9.17, 15) is 9.59 Å². The molecule has 35 heavy (non-hydrogen) atoms. The molecule has 0 saturated carbocycles. The number of rotatable bonds is 11. The third kappa shape index (κ3) is 8.69. The number of carbonyl (C=O) groups excluding carboxylic acids is 2. The summed E-state index contributed by atoms with van der Waals surface area (Å²) in [5.74, 6) is 0.543. The van der Waals surface area contributed by atoms with Crippen molar-refractivity contribution >= 4 is 34.4 Å². The van der Waals surface area contributed by atoms with Crippen molar-refractivity contribution in [3.8, 4) is 5.75 Å². The van der Waals surface area contributed by atoms with E-state index in [-0.39, 0.29) is 18.4 Å². The number of nitrogens with one attached hydrogen (secondary N) is 1. The lowest BCUT2D eigenvalue weighted by Crippen LogP contribution is -2.52. The summed E-state index contributed by atoms with van der Waals surface area (Å²) in [5, 5.41) is 3.04. The molecule has 3 aromatic rings. The molecule has 3 aromatic carbocycles. The van der Waals surface area contributed by atoms with Crippen LogP contribution in [0.5, 0.6) is 5.75 Å². The van der Waals surface area contributed by atoms with E-state index in [2.05, 4.69) is 41.8 Å². The van der Waals surface area contributed by atoms with Gasteiger partial charge in [-0.2, -0.15) is 0 Å². The highest BCUT2D eigenvalue weighted by Gasteiger charge is 2.30. The fraction of sp³-hybridized carbons (Fsp3) is 0.310. The fourth-order valence-electron chi connectivity index (χ4n) is 3.63. The van der Waals surface area contributed by atoms with Crippen LogP contribution in [0, 0.1) is 16.4 Å². The van der Waals surface area contributed by atoms with Crippen LogP contribution >= 0.6 is 22.6 Å². The van der Waals surface area contributed by atoms with Crippen LogP contribution in [0.15, 0.2) is 78.9 Å². The van der Waals surface area contributed by atoms with Gasteiger partial charge in [-0.05, 0) is 70.8 Å². The van der Waals surface area contributed by atoms with Gasteiger partial charge in [0.05, 0.1) is 0 Å². The van der Waals surface area contributed by atoms with Crippen LogP contribution in [0.3, 0.4) is 0 Å². The summed E-state index contributed by atoms with van der Waals surface area (Å²) in [6, 6.07) is 24.7. The molecule has 1 unspecified atom stereocenters. The highest BCUT2D eigenvalue weighted by molar-refractivity contribution is 14.1. The molecule has 0 bridgehead atoms. The van der Waals surface area contributed by atoms with E-state index in [4.69, 9.17) is 4.74 Å². The molecule has 0 fully saturated rings. The molecule has 0 aliphatic heterocycles. The molecule has 3 rings (SSSR count). The second-order valence-corrected chi connectivity index (χ2v) is 10.3. The zero-order chi connectivity index (χ0) is 25.2. The molecule has 0 aromatic heterocycles. The summed E-state index contributed by atoms with van der Waals surface area (Å²) in [4.78, 5) is 28.6. The Labute approximate surface area is 222 Å². The van der Waals surface area contributed by atoms with Crippen molar-refractivity contribution in [3.05, 3.63) is 99.1 Å². The Morgan fingerprint density at radius 1 is 0.914 bits per heavy atom. The molecule has 1 atom stereocenters. The van der Waals surface area contributed by atoms with Crippen molar-refractivity contribution in [2.24, 2.45) is 5.92 Å². The molecule has 5 nitrogen and oxygen atoms in total. The second kappa shape index (κ2) is 13.3. The van der Waals surface area contributed by atoms with Crippen LogP contribution in [-0.2, 0) is 22.6 Å². The van der Waals surface area contributed by atoms with Crippen molar-refractivity contribution in [2.75, 3.05) is 13.2 Å². The average Bonchev–Trinajstić information content (AvgIpc) is 2.86. The first-order chi connectivity index (χ1) is 16.8. The van der Waals surface area contributed by atoms with Crippen molar-refractivity contribution in [2.45, 2.75) is 39.8 Å². The third-order valence-electron chi connectivity index (χ3n) is 5.61. The van der Waals surface area contributed by atoms with Crippen molar-refractivity contribution in [1.82, 2.24) is 10.2 Å². The van der Waals surface area contributed by atoms with Crippen LogP contribution < -0.4 is 10.1 Å². The first kappa shape index (κ1) is 26.7. The summed E-state index contributed by atoms with van der Waals surface area (Å²) in [6.07, 6.45) is 0.423. The largest absolute Gasteiger partial charge is 0.484 e. The number of carbonyl (C=O) groups is 2. The van der Waals surface area contributed by atoms with Crippen molar-refractivity contribution in [3.63, 3.8) is 0 Å². The molecule has 0 saturated heterocycles. The van der Waals surface area contributed by atoms with Gasteiger partial charge in [-0.3, -0.25) is 9.59 Å². The quantitative estimate of drug-likeness (QED) is 0.308. The van der Waals surface area contributed by atoms with E-state index < -0.39 is 6.04 Å². The van der Waals surface area contributed by atoms with Gasteiger partial charge >= 0.3 is 0 Å². The number of nitrogens with zero attached hydrogens (tertiary/aromatic N) is 1. The van der Waals surface area contributed by atoms with Gasteiger partial charge in [0.2, 0.25) is 5.91 Å². The number of ether oxygens (including phenoxy) is 1. The summed E-state index contributed by atoms with van der Waals surface area (Å²) in [5.41, 5.74) is 3.11. The Morgan fingerprint density at radius 2 is 1.57 bits per heavy atom. The summed E-state index contributed by atoms with van der Waals surface area (Å²) >= 11 is 2.23. The van der Waals surface area contributed by atoms with E-state index in [0.29, 0.717) is 31.2 Å². The minimum absolute atomic E-state index is 0.144. The molecule has 0 spiro atoms. The lowest BCUT2D eigenvalue weighted by atomic mass is 10.0. The summed E-state index contributed by atoms with van der Waals surface area (Å²) in [7, 11) is 0. The summed E-state index contributed by atoms with van der Waals surface area (Å²) in [6.45, 7) is 6.86. The second-order valence-electron chi connectivity index (χ2n) is 9.09. The molecule has 184 valence electrons. The Hall–Kier alpha value is -2.87. The first-order valence-corrected chi connectivity index (χ1v) is 12.9. The zero-order valence-corrected chi connectivity index (χ0v) is 22.7. The summed E-state index contributed by atoms with van der Waals surface area (Å²) < 4.78 is 6.90. The van der Waals surface area contributed by atoms with Crippen LogP contribution in [0.25, 0.3) is 0 Å². The number of aryl methyl sites for hydroxylation is 1. The number of benzene rings is 3. The van der Waals surface area contributed by atoms with E-state index >= 15 is 0 Å². The van der Waals surface area contributed by atoms with Gasteiger partial charge < -0.3 is 15.0 Å². The zero-order valence-electron chi connectivity index (χ0n) is 20.5. The van der Waals surface area contributed by atoms with Crippen LogP contribution in [0.4, 0.5) is 0 Å². The maximum Gasteiger partial charge on any atom is 0.261 e. The van der Waals surface area contributed by atoms with E-state index in [1.54, 1.807) is 4.90 Å². The minimum Gasteiger partial charge on any atom is -0.484 e. The Kier molecular flexibility index (Phi) is 10.1. The Morgan fingerprint density at radius 3 is 2.20 bits per heavy atom. The highest BCUT2D eigenvalue weighted by Crippen LogP contribution is 2.17. The van der Waals surface area contributed by atoms with Crippen LogP contribution in [0.2, 0.25) is 0 Å². The molecule has 6 heteroatoms. The van der Waals surface area contributed by atoms with Crippen molar-refractivity contribution in [1.29, 1.82) is 0 Å². The Bertz CT molecular complexity index is 1080. The van der Waals surface area contributed by atoms with Gasteiger partial charge in [0.1, 0.15) is 11.8 Å². The molecule has 0 aliphatic rings. The fourth-order valence-corrected chi connectivity index (χ4v) is 3.99. The van der Waals surface area contributed by atoms with Gasteiger partial charge in [0.15, 0.2) is 6.61 Å². The molecule has 0 radical (unpaired) electrons. The molecule has 1 N–H and O–H groups in total. The lowest BCUT2D eigenvalue weighted by molar-refractivity contribution is -0.142. The maximum absolute atomic E-state index is 13.5. The normalized spacial score (nSPS) is 11.7. The predicted molar refractivity (Wildman–Crippen MR) is 148 cm³/mol. The van der Waals surface area contributed by atoms with E-state index in [1.165, 1.54) is 0 Å². The third-order valence-corrected chi connectivity index (χ3v) is 6.32. The number of halogens is 1. The molecule has 2 amide bonds. The first-order valence-electron chi connectivity index (χ1n) is 11.9. The molecular weight excluding hydrogens is 551 g/mol. The smallest absolute Gasteiger partial charge is 0.261 e. The van der Waals surface area contributed by atoms with Gasteiger partial charge in [0.25, 0.3) is 5.91 Å². The number of hydrogen-bond acceptors (Lipinski definition) is 3.